The van der Waals surface area contributed by atoms with Crippen LogP contribution in [0.15, 0.2) is 41.2 Å². The maximum Gasteiger partial charge on any atom is 0.260 e. The first-order chi connectivity index (χ1) is 11.0. The molecule has 0 spiro atoms. The molecule has 0 saturated carbocycles. The Labute approximate surface area is 136 Å². The molecule has 2 aromatic rings. The van der Waals surface area contributed by atoms with Gasteiger partial charge in [0.25, 0.3) is 11.5 Å². The molecule has 5 nitrogen and oxygen atoms in total. The van der Waals surface area contributed by atoms with Crippen LogP contribution >= 0.6 is 0 Å². The lowest BCUT2D eigenvalue weighted by atomic mass is 10.1. The molecule has 0 bridgehead atoms. The number of hydrogen-bond donors (Lipinski definition) is 2. The minimum Gasteiger partial charge on any atom is -0.348 e. The van der Waals surface area contributed by atoms with Gasteiger partial charge in [-0.05, 0) is 43.8 Å². The predicted molar refractivity (Wildman–Crippen MR) is 91.4 cm³/mol. The Kier molecular flexibility index (Phi) is 5.71. The standard InChI is InChI=1S/C18H23N3O2/c1-4-21(3)12-15-7-5-6-14(10-15)11-19-17(22)16-9-8-13(2)20-18(16)23/h5-10H,4,11-12H2,1-3H3,(H,19,22)(H,20,23). The first kappa shape index (κ1) is 17.0. The van der Waals surface area contributed by atoms with Crippen LogP contribution in [0.1, 0.15) is 34.1 Å². The van der Waals surface area contributed by atoms with Gasteiger partial charge in [-0.25, -0.2) is 0 Å². The number of nitrogens with one attached hydrogen (secondary N) is 2. The number of benzene rings is 1. The Balaban J connectivity index is 2.01. The number of rotatable bonds is 6. The molecule has 0 unspecified atom stereocenters. The van der Waals surface area contributed by atoms with E-state index in [9.17, 15) is 9.59 Å². The van der Waals surface area contributed by atoms with Gasteiger partial charge in [-0.2, -0.15) is 0 Å². The van der Waals surface area contributed by atoms with Gasteiger partial charge in [0.05, 0.1) is 0 Å². The second-order valence-electron chi connectivity index (χ2n) is 5.72. The van der Waals surface area contributed by atoms with Crippen molar-refractivity contribution in [1.82, 2.24) is 15.2 Å². The summed E-state index contributed by atoms with van der Waals surface area (Å²) in [5.74, 6) is -0.359. The first-order valence-electron chi connectivity index (χ1n) is 7.74. The zero-order valence-corrected chi connectivity index (χ0v) is 13.8. The van der Waals surface area contributed by atoms with E-state index in [2.05, 4.69) is 41.3 Å². The Hall–Kier alpha value is -2.40. The van der Waals surface area contributed by atoms with Crippen LogP contribution in [0.3, 0.4) is 0 Å². The molecule has 1 heterocycles. The lowest BCUT2D eigenvalue weighted by molar-refractivity contribution is 0.0949. The van der Waals surface area contributed by atoms with Gasteiger partial charge in [0.2, 0.25) is 0 Å². The van der Waals surface area contributed by atoms with E-state index >= 15 is 0 Å². The average molecular weight is 313 g/mol. The minimum absolute atomic E-state index is 0.137. The molecular weight excluding hydrogens is 290 g/mol. The Morgan fingerprint density at radius 1 is 1.22 bits per heavy atom. The SMILES string of the molecule is CCN(C)Cc1cccc(CNC(=O)c2ccc(C)[nH]c2=O)c1. The van der Waals surface area contributed by atoms with Gasteiger partial charge in [0.1, 0.15) is 5.56 Å². The smallest absolute Gasteiger partial charge is 0.260 e. The van der Waals surface area contributed by atoms with Crippen molar-refractivity contribution in [3.8, 4) is 0 Å². The number of hydrogen-bond acceptors (Lipinski definition) is 3. The van der Waals surface area contributed by atoms with E-state index in [-0.39, 0.29) is 17.0 Å². The molecule has 0 saturated heterocycles. The van der Waals surface area contributed by atoms with Gasteiger partial charge < -0.3 is 15.2 Å². The summed E-state index contributed by atoms with van der Waals surface area (Å²) in [7, 11) is 2.07. The van der Waals surface area contributed by atoms with E-state index in [1.54, 1.807) is 19.1 Å². The Morgan fingerprint density at radius 3 is 2.65 bits per heavy atom. The third-order valence-electron chi connectivity index (χ3n) is 3.74. The van der Waals surface area contributed by atoms with E-state index in [4.69, 9.17) is 0 Å². The summed E-state index contributed by atoms with van der Waals surface area (Å²) in [6.45, 7) is 6.15. The van der Waals surface area contributed by atoms with Crippen molar-refractivity contribution in [1.29, 1.82) is 0 Å². The molecule has 0 atom stereocenters. The molecule has 2 N–H and O–H groups in total. The van der Waals surface area contributed by atoms with Crippen molar-refractivity contribution in [3.63, 3.8) is 0 Å². The summed E-state index contributed by atoms with van der Waals surface area (Å²) in [6, 6.07) is 11.4. The summed E-state index contributed by atoms with van der Waals surface area (Å²) in [5.41, 5.74) is 2.73. The molecular formula is C18H23N3O2. The summed E-state index contributed by atoms with van der Waals surface area (Å²) in [5, 5.41) is 2.80. The number of amides is 1. The van der Waals surface area contributed by atoms with E-state index in [1.165, 1.54) is 5.56 Å². The van der Waals surface area contributed by atoms with Crippen LogP contribution in [-0.4, -0.2) is 29.4 Å². The van der Waals surface area contributed by atoms with Crippen LogP contribution in [0.5, 0.6) is 0 Å². The normalized spacial score (nSPS) is 10.8. The van der Waals surface area contributed by atoms with Gasteiger partial charge in [-0.15, -0.1) is 0 Å². The Morgan fingerprint density at radius 2 is 1.96 bits per heavy atom. The molecule has 1 aromatic carbocycles. The Bertz CT molecular complexity index is 737. The number of aromatic nitrogens is 1. The predicted octanol–water partition coefficient (Wildman–Crippen LogP) is 2.07. The summed E-state index contributed by atoms with van der Waals surface area (Å²) in [6.07, 6.45) is 0. The van der Waals surface area contributed by atoms with Crippen LogP contribution in [-0.2, 0) is 13.1 Å². The number of nitrogens with zero attached hydrogens (tertiary/aromatic N) is 1. The van der Waals surface area contributed by atoms with Crippen LogP contribution < -0.4 is 10.9 Å². The molecule has 0 radical (unpaired) electrons. The molecule has 5 heteroatoms. The highest BCUT2D eigenvalue weighted by molar-refractivity contribution is 5.93. The first-order valence-corrected chi connectivity index (χ1v) is 7.74. The van der Waals surface area contributed by atoms with Crippen LogP contribution in [0.4, 0.5) is 0 Å². The van der Waals surface area contributed by atoms with Crippen LogP contribution in [0, 0.1) is 6.92 Å². The van der Waals surface area contributed by atoms with Gasteiger partial charge in [-0.3, -0.25) is 9.59 Å². The number of pyridine rings is 1. The fraction of sp³-hybridized carbons (Fsp3) is 0.333. The van der Waals surface area contributed by atoms with Crippen molar-refractivity contribution in [3.05, 3.63) is 69.1 Å². The molecule has 1 aromatic heterocycles. The molecule has 23 heavy (non-hydrogen) atoms. The third-order valence-corrected chi connectivity index (χ3v) is 3.74. The number of carbonyl (C=O) groups excluding carboxylic acids is 1. The lowest BCUT2D eigenvalue weighted by Gasteiger charge is -2.14. The highest BCUT2D eigenvalue weighted by atomic mass is 16.2. The van der Waals surface area contributed by atoms with Gasteiger partial charge >= 0.3 is 0 Å². The minimum atomic E-state index is -0.360. The molecule has 2 rings (SSSR count). The van der Waals surface area contributed by atoms with Gasteiger partial charge in [0, 0.05) is 18.8 Å². The maximum absolute atomic E-state index is 12.1. The lowest BCUT2D eigenvalue weighted by Crippen LogP contribution is -2.29. The van der Waals surface area contributed by atoms with Crippen molar-refractivity contribution < 1.29 is 4.79 Å². The fourth-order valence-electron chi connectivity index (χ4n) is 2.29. The van der Waals surface area contributed by atoms with E-state index in [1.807, 2.05) is 12.1 Å². The van der Waals surface area contributed by atoms with Crippen LogP contribution in [0.2, 0.25) is 0 Å². The van der Waals surface area contributed by atoms with Gasteiger partial charge in [-0.1, -0.05) is 31.2 Å². The summed E-state index contributed by atoms with van der Waals surface area (Å²) in [4.78, 5) is 28.7. The number of H-pyrrole nitrogens is 1. The van der Waals surface area contributed by atoms with Crippen molar-refractivity contribution in [2.45, 2.75) is 26.9 Å². The topological polar surface area (TPSA) is 65.2 Å². The highest BCUT2D eigenvalue weighted by Crippen LogP contribution is 2.08. The van der Waals surface area contributed by atoms with Crippen molar-refractivity contribution >= 4 is 5.91 Å². The highest BCUT2D eigenvalue weighted by Gasteiger charge is 2.10. The van der Waals surface area contributed by atoms with Crippen LogP contribution in [0.25, 0.3) is 0 Å². The molecule has 1 amide bonds. The number of carbonyl (C=O) groups is 1. The largest absolute Gasteiger partial charge is 0.348 e. The average Bonchev–Trinajstić information content (AvgIpc) is 2.53. The molecule has 0 aliphatic rings. The molecule has 122 valence electrons. The zero-order chi connectivity index (χ0) is 16.8. The third kappa shape index (κ3) is 4.79. The second kappa shape index (κ2) is 7.74. The van der Waals surface area contributed by atoms with E-state index < -0.39 is 0 Å². The van der Waals surface area contributed by atoms with Crippen molar-refractivity contribution in [2.75, 3.05) is 13.6 Å². The van der Waals surface area contributed by atoms with Gasteiger partial charge in [0.15, 0.2) is 0 Å². The quantitative estimate of drug-likeness (QED) is 0.858. The maximum atomic E-state index is 12.1. The van der Waals surface area contributed by atoms with Crippen molar-refractivity contribution in [2.24, 2.45) is 0 Å². The molecule has 0 aliphatic heterocycles. The van der Waals surface area contributed by atoms with E-state index in [0.29, 0.717) is 6.54 Å². The summed E-state index contributed by atoms with van der Waals surface area (Å²) < 4.78 is 0. The van der Waals surface area contributed by atoms with E-state index in [0.717, 1.165) is 24.3 Å². The second-order valence-corrected chi connectivity index (χ2v) is 5.72. The zero-order valence-electron chi connectivity index (χ0n) is 13.8. The fourth-order valence-corrected chi connectivity index (χ4v) is 2.29. The number of aryl methyl sites for hydroxylation is 1. The molecule has 0 fully saturated rings. The summed E-state index contributed by atoms with van der Waals surface area (Å²) >= 11 is 0. The molecule has 0 aliphatic carbocycles. The number of aromatic amines is 1. The monoisotopic (exact) mass is 313 g/mol.